The summed E-state index contributed by atoms with van der Waals surface area (Å²) in [5.41, 5.74) is 0. The Morgan fingerprint density at radius 2 is 1.71 bits per heavy atom. The molecule has 1 N–H and O–H groups in total. The smallest absolute Gasteiger partial charge is 0.413 e. The minimum absolute atomic E-state index is 0.170. The van der Waals surface area contributed by atoms with Gasteiger partial charge in [-0.2, -0.15) is 0 Å². The van der Waals surface area contributed by atoms with Crippen LogP contribution < -0.4 is 5.32 Å². The maximum atomic E-state index is 11.6. The number of carbonyl (C=O) groups excluding carboxylic acids is 3. The van der Waals surface area contributed by atoms with Crippen molar-refractivity contribution in [2.75, 3.05) is 53.0 Å². The first-order valence-electron chi connectivity index (χ1n) is 7.03. The Kier molecular flexibility index (Phi) is 7.70. The van der Waals surface area contributed by atoms with E-state index >= 15 is 0 Å². The van der Waals surface area contributed by atoms with Gasteiger partial charge in [0.1, 0.15) is 0 Å². The van der Waals surface area contributed by atoms with Crippen LogP contribution in [0.2, 0.25) is 0 Å². The van der Waals surface area contributed by atoms with Crippen molar-refractivity contribution in [3.8, 4) is 0 Å². The van der Waals surface area contributed by atoms with Gasteiger partial charge in [-0.15, -0.1) is 0 Å². The monoisotopic (exact) mass is 301 g/mol. The van der Waals surface area contributed by atoms with Gasteiger partial charge in [-0.25, -0.2) is 4.79 Å². The number of rotatable bonds is 6. The Bertz CT molecular complexity index is 367. The SMILES string of the molecule is CCOC(=O)NC(=O)CN1CCN(CCC(=O)OC)CC1. The molecule has 0 saturated carbocycles. The molecule has 0 radical (unpaired) electrons. The number of methoxy groups -OCH3 is 1. The molecule has 1 heterocycles. The number of nitrogens with one attached hydrogen (secondary N) is 1. The van der Waals surface area contributed by atoms with Gasteiger partial charge < -0.3 is 14.4 Å². The maximum absolute atomic E-state index is 11.6. The first-order valence-corrected chi connectivity index (χ1v) is 7.03. The van der Waals surface area contributed by atoms with Gasteiger partial charge in [0.25, 0.3) is 0 Å². The molecule has 1 aliphatic heterocycles. The zero-order valence-corrected chi connectivity index (χ0v) is 12.6. The highest BCUT2D eigenvalue weighted by Gasteiger charge is 2.20. The third-order valence-corrected chi connectivity index (χ3v) is 3.21. The molecule has 0 aromatic rings. The number of piperazine rings is 1. The van der Waals surface area contributed by atoms with E-state index in [0.29, 0.717) is 13.0 Å². The van der Waals surface area contributed by atoms with E-state index in [2.05, 4.69) is 19.7 Å². The summed E-state index contributed by atoms with van der Waals surface area (Å²) in [6, 6.07) is 0. The fourth-order valence-corrected chi connectivity index (χ4v) is 2.05. The predicted octanol–water partition coefficient (Wildman–Crippen LogP) is -0.560. The van der Waals surface area contributed by atoms with Crippen LogP contribution in [-0.4, -0.2) is 80.8 Å². The van der Waals surface area contributed by atoms with E-state index in [9.17, 15) is 14.4 Å². The van der Waals surface area contributed by atoms with Gasteiger partial charge in [0.15, 0.2) is 0 Å². The molecule has 1 saturated heterocycles. The second kappa shape index (κ2) is 9.30. The van der Waals surface area contributed by atoms with Crippen molar-refractivity contribution >= 4 is 18.0 Å². The van der Waals surface area contributed by atoms with Crippen LogP contribution in [0.25, 0.3) is 0 Å². The third-order valence-electron chi connectivity index (χ3n) is 3.21. The summed E-state index contributed by atoms with van der Waals surface area (Å²) in [4.78, 5) is 37.9. The normalized spacial score (nSPS) is 16.3. The van der Waals surface area contributed by atoms with E-state index in [-0.39, 0.29) is 25.0 Å². The van der Waals surface area contributed by atoms with E-state index in [0.717, 1.165) is 26.2 Å². The van der Waals surface area contributed by atoms with Gasteiger partial charge in [0.2, 0.25) is 5.91 Å². The summed E-state index contributed by atoms with van der Waals surface area (Å²) in [5.74, 6) is -0.581. The lowest BCUT2D eigenvalue weighted by Gasteiger charge is -2.33. The fraction of sp³-hybridized carbons (Fsp3) is 0.769. The van der Waals surface area contributed by atoms with Gasteiger partial charge in [0.05, 0.1) is 26.7 Å². The molecule has 1 rings (SSSR count). The number of nitrogens with zero attached hydrogens (tertiary/aromatic N) is 2. The highest BCUT2D eigenvalue weighted by Crippen LogP contribution is 2.02. The third kappa shape index (κ3) is 7.05. The van der Waals surface area contributed by atoms with Crippen LogP contribution in [0.5, 0.6) is 0 Å². The van der Waals surface area contributed by atoms with Crippen LogP contribution in [0.3, 0.4) is 0 Å². The van der Waals surface area contributed by atoms with Crippen molar-refractivity contribution in [2.24, 2.45) is 0 Å². The van der Waals surface area contributed by atoms with Gasteiger partial charge in [0, 0.05) is 32.7 Å². The lowest BCUT2D eigenvalue weighted by molar-refractivity contribution is -0.141. The Morgan fingerprint density at radius 1 is 1.10 bits per heavy atom. The summed E-state index contributed by atoms with van der Waals surface area (Å²) in [6.07, 6.45) is -0.334. The number of hydrogen-bond acceptors (Lipinski definition) is 7. The maximum Gasteiger partial charge on any atom is 0.413 e. The largest absolute Gasteiger partial charge is 0.469 e. The molecule has 0 atom stereocenters. The lowest BCUT2D eigenvalue weighted by atomic mass is 10.3. The second-order valence-electron chi connectivity index (χ2n) is 4.71. The molecule has 0 aromatic carbocycles. The molecule has 8 heteroatoms. The van der Waals surface area contributed by atoms with Crippen molar-refractivity contribution in [3.05, 3.63) is 0 Å². The topological polar surface area (TPSA) is 88.2 Å². The first-order chi connectivity index (χ1) is 10.0. The molecule has 120 valence electrons. The number of amides is 2. The number of alkyl carbamates (subject to hydrolysis) is 1. The first kappa shape index (κ1) is 17.4. The highest BCUT2D eigenvalue weighted by molar-refractivity contribution is 5.92. The molecular weight excluding hydrogens is 278 g/mol. The van der Waals surface area contributed by atoms with Gasteiger partial charge >= 0.3 is 12.1 Å². The Labute approximate surface area is 124 Å². The lowest BCUT2D eigenvalue weighted by Crippen LogP contribution is -2.50. The number of carbonyl (C=O) groups is 3. The zero-order valence-electron chi connectivity index (χ0n) is 12.6. The number of ether oxygens (including phenoxy) is 2. The molecule has 2 amide bonds. The van der Waals surface area contributed by atoms with Crippen molar-refractivity contribution in [2.45, 2.75) is 13.3 Å². The molecule has 0 bridgehead atoms. The summed E-state index contributed by atoms with van der Waals surface area (Å²) in [6.45, 7) is 5.75. The van der Waals surface area contributed by atoms with E-state index < -0.39 is 6.09 Å². The molecule has 21 heavy (non-hydrogen) atoms. The predicted molar refractivity (Wildman–Crippen MR) is 74.7 cm³/mol. The minimum Gasteiger partial charge on any atom is -0.469 e. The van der Waals surface area contributed by atoms with Crippen molar-refractivity contribution in [3.63, 3.8) is 0 Å². The van der Waals surface area contributed by atoms with Crippen LogP contribution in [-0.2, 0) is 19.1 Å². The van der Waals surface area contributed by atoms with Gasteiger partial charge in [-0.1, -0.05) is 0 Å². The Hall–Kier alpha value is -1.67. The summed E-state index contributed by atoms with van der Waals surface area (Å²) < 4.78 is 9.24. The van der Waals surface area contributed by atoms with Crippen LogP contribution in [0.15, 0.2) is 0 Å². The minimum atomic E-state index is -0.709. The van der Waals surface area contributed by atoms with E-state index in [1.165, 1.54) is 7.11 Å². The molecule has 1 aliphatic rings. The standard InChI is InChI=1S/C13H23N3O5/c1-3-21-13(19)14-11(17)10-16-8-6-15(7-9-16)5-4-12(18)20-2/h3-10H2,1-2H3,(H,14,17,19). The molecule has 0 aromatic heterocycles. The number of esters is 1. The van der Waals surface area contributed by atoms with E-state index in [1.807, 2.05) is 4.90 Å². The molecule has 8 nitrogen and oxygen atoms in total. The van der Waals surface area contributed by atoms with Crippen LogP contribution >= 0.6 is 0 Å². The van der Waals surface area contributed by atoms with Crippen molar-refractivity contribution in [1.82, 2.24) is 15.1 Å². The summed E-state index contributed by atoms with van der Waals surface area (Å²) in [5, 5.41) is 2.17. The second-order valence-corrected chi connectivity index (χ2v) is 4.71. The zero-order chi connectivity index (χ0) is 15.7. The van der Waals surface area contributed by atoms with Crippen molar-refractivity contribution < 1.29 is 23.9 Å². The number of hydrogen-bond donors (Lipinski definition) is 1. The summed E-state index contributed by atoms with van der Waals surface area (Å²) in [7, 11) is 1.38. The van der Waals surface area contributed by atoms with Crippen LogP contribution in [0.1, 0.15) is 13.3 Å². The molecule has 0 spiro atoms. The average Bonchev–Trinajstić information content (AvgIpc) is 2.46. The quantitative estimate of drug-likeness (QED) is 0.658. The number of imide groups is 1. The Balaban J connectivity index is 2.19. The highest BCUT2D eigenvalue weighted by atomic mass is 16.5. The van der Waals surface area contributed by atoms with Gasteiger partial charge in [-0.3, -0.25) is 19.8 Å². The molecule has 0 unspecified atom stereocenters. The van der Waals surface area contributed by atoms with E-state index in [4.69, 9.17) is 0 Å². The van der Waals surface area contributed by atoms with Crippen LogP contribution in [0, 0.1) is 0 Å². The van der Waals surface area contributed by atoms with Crippen molar-refractivity contribution in [1.29, 1.82) is 0 Å². The molecule has 1 fully saturated rings. The summed E-state index contributed by atoms with van der Waals surface area (Å²) >= 11 is 0. The fourth-order valence-electron chi connectivity index (χ4n) is 2.05. The molecular formula is C13H23N3O5. The average molecular weight is 301 g/mol. The van der Waals surface area contributed by atoms with Crippen LogP contribution in [0.4, 0.5) is 4.79 Å². The van der Waals surface area contributed by atoms with E-state index in [1.54, 1.807) is 6.92 Å². The van der Waals surface area contributed by atoms with Gasteiger partial charge in [-0.05, 0) is 6.92 Å². The Morgan fingerprint density at radius 3 is 2.29 bits per heavy atom. The molecule has 0 aliphatic carbocycles.